The average Bonchev–Trinajstić information content (AvgIpc) is 3.02. The first-order chi connectivity index (χ1) is 14.0. The zero-order chi connectivity index (χ0) is 22.1. The second kappa shape index (κ2) is 7.82. The predicted molar refractivity (Wildman–Crippen MR) is 101 cm³/mol. The number of nitrogens with zero attached hydrogens (tertiary/aromatic N) is 2. The molecule has 158 valence electrons. The molecule has 3 rings (SSSR count). The van der Waals surface area contributed by atoms with Gasteiger partial charge in [0.25, 0.3) is 15.9 Å². The largest absolute Gasteiger partial charge is 0.573 e. The van der Waals surface area contributed by atoms with E-state index in [-0.39, 0.29) is 22.0 Å². The summed E-state index contributed by atoms with van der Waals surface area (Å²) in [7, 11) is -2.70. The van der Waals surface area contributed by atoms with Crippen LogP contribution in [0.5, 0.6) is 5.75 Å². The molecular weight excluding hydrogens is 423 g/mol. The van der Waals surface area contributed by atoms with Gasteiger partial charge in [0.15, 0.2) is 0 Å². The van der Waals surface area contributed by atoms with E-state index < -0.39 is 28.0 Å². The Labute approximate surface area is 170 Å². The van der Waals surface area contributed by atoms with Gasteiger partial charge in [-0.1, -0.05) is 30.3 Å². The van der Waals surface area contributed by atoms with E-state index in [1.165, 1.54) is 48.1 Å². The molecule has 1 aromatic heterocycles. The Morgan fingerprint density at radius 1 is 1.10 bits per heavy atom. The number of para-hydroxylation sites is 1. The molecule has 1 amide bonds. The fourth-order valence-electron chi connectivity index (χ4n) is 2.78. The highest BCUT2D eigenvalue weighted by Gasteiger charge is 2.33. The Morgan fingerprint density at radius 3 is 2.40 bits per heavy atom. The van der Waals surface area contributed by atoms with Gasteiger partial charge in [0.05, 0.1) is 10.5 Å². The number of nitrogens with one attached hydrogen (secondary N) is 1. The lowest BCUT2D eigenvalue weighted by atomic mass is 10.2. The van der Waals surface area contributed by atoms with Gasteiger partial charge in [-0.3, -0.25) is 4.79 Å². The number of rotatable bonds is 5. The second-order valence-corrected chi connectivity index (χ2v) is 7.96. The highest BCUT2D eigenvalue weighted by atomic mass is 32.2. The summed E-state index contributed by atoms with van der Waals surface area (Å²) in [6.07, 6.45) is -3.70. The van der Waals surface area contributed by atoms with Gasteiger partial charge in [0.2, 0.25) is 0 Å². The Bertz CT molecular complexity index is 1200. The van der Waals surface area contributed by atoms with Gasteiger partial charge >= 0.3 is 6.36 Å². The molecule has 3 aromatic rings. The van der Waals surface area contributed by atoms with E-state index in [2.05, 4.69) is 9.72 Å². The predicted octanol–water partition coefficient (Wildman–Crippen LogP) is 3.41. The number of alkyl halides is 3. The van der Waals surface area contributed by atoms with E-state index in [0.717, 1.165) is 6.07 Å². The van der Waals surface area contributed by atoms with Crippen LogP contribution in [0.2, 0.25) is 0 Å². The van der Waals surface area contributed by atoms with Gasteiger partial charge in [0, 0.05) is 13.2 Å². The van der Waals surface area contributed by atoms with Gasteiger partial charge in [-0.15, -0.1) is 13.2 Å². The van der Waals surface area contributed by atoms with Crippen LogP contribution in [0.15, 0.2) is 59.6 Å². The smallest absolute Gasteiger partial charge is 0.405 e. The third kappa shape index (κ3) is 4.62. The highest BCUT2D eigenvalue weighted by molar-refractivity contribution is 7.90. The first-order valence-corrected chi connectivity index (χ1v) is 9.97. The van der Waals surface area contributed by atoms with Crippen LogP contribution >= 0.6 is 0 Å². The molecule has 0 bridgehead atoms. The molecule has 0 aliphatic heterocycles. The topological polar surface area (TPSA) is 90.3 Å². The molecule has 0 unspecified atom stereocenters. The maximum Gasteiger partial charge on any atom is 0.573 e. The average molecular weight is 439 g/mol. The standard InChI is InChI=1S/C19H16F3N3O4S/c1-12-7-3-6-10-16(12)30(27,28)24-18(26)14-11-25(2)17(23-14)13-8-4-5-9-15(13)29-19(20,21)22/h3-11H,1-2H3,(H,24,26). The van der Waals surface area contributed by atoms with Crippen LogP contribution in [0.1, 0.15) is 16.1 Å². The van der Waals surface area contributed by atoms with E-state index in [0.29, 0.717) is 5.56 Å². The third-order valence-corrected chi connectivity index (χ3v) is 5.56. The molecule has 0 saturated heterocycles. The van der Waals surface area contributed by atoms with Crippen molar-refractivity contribution in [1.82, 2.24) is 14.3 Å². The van der Waals surface area contributed by atoms with E-state index in [1.807, 2.05) is 4.72 Å². The lowest BCUT2D eigenvalue weighted by molar-refractivity contribution is -0.274. The maximum atomic E-state index is 12.7. The molecule has 1 N–H and O–H groups in total. The Hall–Kier alpha value is -3.34. The first-order valence-electron chi connectivity index (χ1n) is 8.49. The van der Waals surface area contributed by atoms with Gasteiger partial charge in [-0.05, 0) is 30.7 Å². The zero-order valence-electron chi connectivity index (χ0n) is 15.8. The summed E-state index contributed by atoms with van der Waals surface area (Å²) in [4.78, 5) is 16.4. The van der Waals surface area contributed by atoms with Gasteiger partial charge in [-0.2, -0.15) is 0 Å². The highest BCUT2D eigenvalue weighted by Crippen LogP contribution is 2.33. The summed E-state index contributed by atoms with van der Waals surface area (Å²) < 4.78 is 70.2. The minimum atomic E-state index is -4.91. The molecular formula is C19H16F3N3O4S. The van der Waals surface area contributed by atoms with E-state index in [4.69, 9.17) is 0 Å². The van der Waals surface area contributed by atoms with Crippen molar-refractivity contribution >= 4 is 15.9 Å². The van der Waals surface area contributed by atoms with Crippen molar-refractivity contribution in [2.75, 3.05) is 0 Å². The van der Waals surface area contributed by atoms with Crippen molar-refractivity contribution < 1.29 is 31.1 Å². The number of hydrogen-bond donors (Lipinski definition) is 1. The molecule has 11 heteroatoms. The molecule has 0 spiro atoms. The van der Waals surface area contributed by atoms with E-state index >= 15 is 0 Å². The number of halogens is 3. The summed E-state index contributed by atoms with van der Waals surface area (Å²) in [6.45, 7) is 1.58. The molecule has 0 radical (unpaired) electrons. The number of sulfonamides is 1. The second-order valence-electron chi connectivity index (χ2n) is 6.30. The molecule has 0 atom stereocenters. The molecule has 1 heterocycles. The first kappa shape index (κ1) is 21.4. The number of ether oxygens (including phenoxy) is 1. The van der Waals surface area contributed by atoms with Crippen LogP contribution in [0.4, 0.5) is 13.2 Å². The Morgan fingerprint density at radius 2 is 1.73 bits per heavy atom. The van der Waals surface area contributed by atoms with Gasteiger partial charge < -0.3 is 9.30 Å². The van der Waals surface area contributed by atoms with Crippen LogP contribution in [0.25, 0.3) is 11.4 Å². The van der Waals surface area contributed by atoms with Crippen molar-refractivity contribution in [3.8, 4) is 17.1 Å². The van der Waals surface area contributed by atoms with E-state index in [1.54, 1.807) is 19.1 Å². The summed E-state index contributed by atoms with van der Waals surface area (Å²) in [5, 5.41) is 0. The quantitative estimate of drug-likeness (QED) is 0.658. The number of hydrogen-bond acceptors (Lipinski definition) is 5. The van der Waals surface area contributed by atoms with Crippen molar-refractivity contribution in [1.29, 1.82) is 0 Å². The number of benzene rings is 2. The minimum Gasteiger partial charge on any atom is -0.405 e. The van der Waals surface area contributed by atoms with Crippen molar-refractivity contribution in [2.45, 2.75) is 18.2 Å². The molecule has 30 heavy (non-hydrogen) atoms. The van der Waals surface area contributed by atoms with Crippen LogP contribution in [-0.2, 0) is 17.1 Å². The number of carbonyl (C=O) groups is 1. The van der Waals surface area contributed by atoms with Crippen LogP contribution in [-0.4, -0.2) is 30.2 Å². The van der Waals surface area contributed by atoms with Crippen molar-refractivity contribution in [3.05, 3.63) is 66.0 Å². The lowest BCUT2D eigenvalue weighted by Gasteiger charge is -2.12. The van der Waals surface area contributed by atoms with Crippen molar-refractivity contribution in [3.63, 3.8) is 0 Å². The SMILES string of the molecule is Cc1ccccc1S(=O)(=O)NC(=O)c1cn(C)c(-c2ccccc2OC(F)(F)F)n1. The van der Waals surface area contributed by atoms with Crippen LogP contribution in [0.3, 0.4) is 0 Å². The monoisotopic (exact) mass is 439 g/mol. The minimum absolute atomic E-state index is 0.00621. The van der Waals surface area contributed by atoms with Gasteiger partial charge in [-0.25, -0.2) is 18.1 Å². The van der Waals surface area contributed by atoms with Crippen molar-refractivity contribution in [2.24, 2.45) is 7.05 Å². The number of aromatic nitrogens is 2. The van der Waals surface area contributed by atoms with Crippen LogP contribution in [0, 0.1) is 6.92 Å². The summed E-state index contributed by atoms with van der Waals surface area (Å²) in [5.41, 5.74) is 0.141. The number of carbonyl (C=O) groups excluding carboxylic acids is 1. The lowest BCUT2D eigenvalue weighted by Crippen LogP contribution is -2.31. The van der Waals surface area contributed by atoms with Gasteiger partial charge in [0.1, 0.15) is 17.3 Å². The summed E-state index contributed by atoms with van der Waals surface area (Å²) in [6, 6.07) is 11.4. The Balaban J connectivity index is 1.92. The molecule has 2 aromatic carbocycles. The molecule has 0 aliphatic carbocycles. The molecule has 0 saturated carbocycles. The molecule has 0 fully saturated rings. The summed E-state index contributed by atoms with van der Waals surface area (Å²) in [5.74, 6) is -1.53. The number of amides is 1. The fraction of sp³-hybridized carbons (Fsp3) is 0.158. The fourth-order valence-corrected chi connectivity index (χ4v) is 3.99. The molecule has 7 nitrogen and oxygen atoms in total. The third-order valence-electron chi connectivity index (χ3n) is 4.07. The number of aryl methyl sites for hydroxylation is 2. The summed E-state index contributed by atoms with van der Waals surface area (Å²) >= 11 is 0. The van der Waals surface area contributed by atoms with Crippen LogP contribution < -0.4 is 9.46 Å². The maximum absolute atomic E-state index is 12.7. The molecule has 0 aliphatic rings. The van der Waals surface area contributed by atoms with E-state index in [9.17, 15) is 26.4 Å². The normalized spacial score (nSPS) is 11.9. The number of imidazole rings is 1. The zero-order valence-corrected chi connectivity index (χ0v) is 16.6. The Kier molecular flexibility index (Phi) is 5.57.